The lowest BCUT2D eigenvalue weighted by Gasteiger charge is -2.19. The molecule has 5 nitrogen and oxygen atoms in total. The van der Waals surface area contributed by atoms with Crippen molar-refractivity contribution in [1.82, 2.24) is 5.32 Å². The lowest BCUT2D eigenvalue weighted by Crippen LogP contribution is -2.38. The number of amides is 1. The van der Waals surface area contributed by atoms with Gasteiger partial charge in [-0.2, -0.15) is 0 Å². The van der Waals surface area contributed by atoms with Crippen molar-refractivity contribution in [1.29, 1.82) is 0 Å². The molecule has 0 radical (unpaired) electrons. The Labute approximate surface area is 246 Å². The summed E-state index contributed by atoms with van der Waals surface area (Å²) in [5.41, 5.74) is 1.06. The molecule has 5 heteroatoms. The number of Topliss-reactive ketones (excluding diaryl/α,β-unsaturated/α-hetero) is 1. The second-order valence-corrected chi connectivity index (χ2v) is 11.6. The van der Waals surface area contributed by atoms with E-state index in [1.807, 2.05) is 12.1 Å². The fourth-order valence-electron chi connectivity index (χ4n) is 5.25. The van der Waals surface area contributed by atoms with E-state index in [1.54, 1.807) is 6.07 Å². The van der Waals surface area contributed by atoms with E-state index in [2.05, 4.69) is 39.9 Å². The molecule has 1 N–H and O–H groups in total. The van der Waals surface area contributed by atoms with Crippen molar-refractivity contribution in [3.63, 3.8) is 0 Å². The van der Waals surface area contributed by atoms with Gasteiger partial charge in [0.25, 0.3) is 5.91 Å². The van der Waals surface area contributed by atoms with Crippen molar-refractivity contribution in [2.24, 2.45) is 5.92 Å². The minimum atomic E-state index is -0.0743. The number of rotatable bonds is 26. The van der Waals surface area contributed by atoms with Crippen molar-refractivity contribution in [2.45, 2.75) is 156 Å². The quantitative estimate of drug-likeness (QED) is 0.115. The van der Waals surface area contributed by atoms with Crippen LogP contribution in [0.15, 0.2) is 18.2 Å². The lowest BCUT2D eigenvalue weighted by atomic mass is 9.90. The van der Waals surface area contributed by atoms with Gasteiger partial charge in [0.2, 0.25) is 0 Å². The van der Waals surface area contributed by atoms with E-state index in [9.17, 15) is 9.59 Å². The summed E-state index contributed by atoms with van der Waals surface area (Å²) in [6.45, 7) is 11.0. The molecule has 0 saturated heterocycles. The van der Waals surface area contributed by atoms with Gasteiger partial charge in [-0.3, -0.25) is 9.59 Å². The molecule has 1 amide bonds. The Bertz CT molecular complexity index is 713. The zero-order chi connectivity index (χ0) is 29.4. The summed E-state index contributed by atoms with van der Waals surface area (Å²) in [6.07, 6.45) is 20.1. The smallest absolute Gasteiger partial charge is 0.258 e. The van der Waals surface area contributed by atoms with Crippen molar-refractivity contribution >= 4 is 11.7 Å². The van der Waals surface area contributed by atoms with Crippen LogP contribution in [0.3, 0.4) is 0 Å². The lowest BCUT2D eigenvalue weighted by molar-refractivity contribution is -0.124. The maximum absolute atomic E-state index is 12.8. The Morgan fingerprint density at radius 1 is 0.650 bits per heavy atom. The highest BCUT2D eigenvalue weighted by Crippen LogP contribution is 2.25. The summed E-state index contributed by atoms with van der Waals surface area (Å²) in [4.78, 5) is 25.6. The highest BCUT2D eigenvalue weighted by Gasteiger charge is 2.16. The first-order valence-corrected chi connectivity index (χ1v) is 16.7. The number of aryl methyl sites for hydroxylation is 1. The van der Waals surface area contributed by atoms with Gasteiger partial charge in [0, 0.05) is 18.5 Å². The number of ketones is 1. The van der Waals surface area contributed by atoms with Gasteiger partial charge >= 0.3 is 0 Å². The monoisotopic (exact) mass is 559 g/mol. The number of hydrogen-bond acceptors (Lipinski definition) is 4. The highest BCUT2D eigenvalue weighted by molar-refractivity contribution is 5.80. The maximum Gasteiger partial charge on any atom is 0.258 e. The Morgan fingerprint density at radius 2 is 1.12 bits per heavy atom. The normalized spacial score (nSPS) is 11.3. The van der Waals surface area contributed by atoms with Crippen LogP contribution in [0.5, 0.6) is 11.5 Å². The Balaban J connectivity index is 2.66. The fourth-order valence-corrected chi connectivity index (χ4v) is 5.25. The maximum atomic E-state index is 12.8. The molecule has 1 aromatic rings. The number of carbonyl (C=O) groups excluding carboxylic acids is 2. The van der Waals surface area contributed by atoms with Gasteiger partial charge < -0.3 is 14.8 Å². The van der Waals surface area contributed by atoms with Gasteiger partial charge in [-0.15, -0.1) is 0 Å². The Hall–Kier alpha value is -2.04. The molecule has 0 aliphatic carbocycles. The third kappa shape index (κ3) is 17.6. The van der Waals surface area contributed by atoms with E-state index in [0.29, 0.717) is 23.8 Å². The first-order chi connectivity index (χ1) is 19.4. The molecule has 0 unspecified atom stereocenters. The van der Waals surface area contributed by atoms with Crippen LogP contribution in [-0.4, -0.2) is 30.9 Å². The van der Waals surface area contributed by atoms with Gasteiger partial charge in [-0.1, -0.05) is 125 Å². The third-order valence-electron chi connectivity index (χ3n) is 7.74. The molecule has 0 saturated carbocycles. The Kier molecular flexibility index (Phi) is 21.3. The van der Waals surface area contributed by atoms with Crippen LogP contribution in [-0.2, 0) is 16.0 Å². The molecular formula is C35H61NO4. The van der Waals surface area contributed by atoms with Gasteiger partial charge in [-0.05, 0) is 42.9 Å². The van der Waals surface area contributed by atoms with Crippen molar-refractivity contribution in [3.8, 4) is 11.5 Å². The molecule has 0 aromatic heterocycles. The number of carbonyl (C=O) groups is 2. The SMILES string of the molecule is CCCCCC(CCCCC)CC(=O)COc1cc(CC)cc(OCC(=O)NC(CCCCC)CCCCC)c1. The van der Waals surface area contributed by atoms with Crippen LogP contribution >= 0.6 is 0 Å². The van der Waals surface area contributed by atoms with Crippen LogP contribution < -0.4 is 14.8 Å². The number of nitrogens with one attached hydrogen (secondary N) is 1. The zero-order valence-electron chi connectivity index (χ0n) is 26.7. The van der Waals surface area contributed by atoms with E-state index >= 15 is 0 Å². The van der Waals surface area contributed by atoms with Gasteiger partial charge in [0.05, 0.1) is 0 Å². The van der Waals surface area contributed by atoms with E-state index < -0.39 is 0 Å². The van der Waals surface area contributed by atoms with Crippen molar-refractivity contribution in [3.05, 3.63) is 23.8 Å². The first kappa shape index (κ1) is 36.0. The molecule has 230 valence electrons. The van der Waals surface area contributed by atoms with Gasteiger partial charge in [0.15, 0.2) is 12.4 Å². The molecule has 0 atom stereocenters. The van der Waals surface area contributed by atoms with E-state index in [1.165, 1.54) is 64.2 Å². The number of unbranched alkanes of at least 4 members (excludes halogenated alkanes) is 8. The van der Waals surface area contributed by atoms with Crippen molar-refractivity contribution < 1.29 is 19.1 Å². The van der Waals surface area contributed by atoms with Crippen molar-refractivity contribution in [2.75, 3.05) is 13.2 Å². The fraction of sp³-hybridized carbons (Fsp3) is 0.771. The van der Waals surface area contributed by atoms with E-state index in [0.717, 1.165) is 50.5 Å². The van der Waals surface area contributed by atoms with Crippen LogP contribution in [0, 0.1) is 5.92 Å². The topological polar surface area (TPSA) is 64.6 Å². The summed E-state index contributed by atoms with van der Waals surface area (Å²) >= 11 is 0. The number of benzene rings is 1. The summed E-state index contributed by atoms with van der Waals surface area (Å²) in [6, 6.07) is 5.95. The third-order valence-corrected chi connectivity index (χ3v) is 7.74. The molecular weight excluding hydrogens is 498 g/mol. The van der Waals surface area contributed by atoms with Crippen LogP contribution in [0.25, 0.3) is 0 Å². The first-order valence-electron chi connectivity index (χ1n) is 16.7. The predicted molar refractivity (Wildman–Crippen MR) is 168 cm³/mol. The average molecular weight is 560 g/mol. The van der Waals surface area contributed by atoms with E-state index in [-0.39, 0.29) is 30.9 Å². The average Bonchev–Trinajstić information content (AvgIpc) is 2.95. The zero-order valence-corrected chi connectivity index (χ0v) is 26.7. The standard InChI is InChI=1S/C35H61NO4/c1-6-11-15-19-30(20-16-12-7-2)23-32(37)27-39-33-24-29(10-5)25-34(26-33)40-28-35(38)36-31(21-17-13-8-3)22-18-14-9-4/h24-26,30-31H,6-23,27-28H2,1-5H3,(H,36,38). The second kappa shape index (κ2) is 23.6. The van der Waals surface area contributed by atoms with Gasteiger partial charge in [-0.25, -0.2) is 0 Å². The minimum absolute atomic E-state index is 0.0131. The molecule has 0 aliphatic rings. The molecule has 0 bridgehead atoms. The number of hydrogen-bond donors (Lipinski definition) is 1. The largest absolute Gasteiger partial charge is 0.486 e. The molecule has 0 fully saturated rings. The minimum Gasteiger partial charge on any atom is -0.486 e. The second-order valence-electron chi connectivity index (χ2n) is 11.6. The summed E-state index contributed by atoms with van der Waals surface area (Å²) in [5.74, 6) is 1.80. The summed E-state index contributed by atoms with van der Waals surface area (Å²) in [7, 11) is 0. The molecule has 1 aromatic carbocycles. The predicted octanol–water partition coefficient (Wildman–Crippen LogP) is 9.39. The Morgan fingerprint density at radius 3 is 1.60 bits per heavy atom. The van der Waals surface area contributed by atoms with Crippen LogP contribution in [0.2, 0.25) is 0 Å². The molecule has 40 heavy (non-hydrogen) atoms. The molecule has 0 spiro atoms. The summed E-state index contributed by atoms with van der Waals surface area (Å²) < 4.78 is 11.9. The van der Waals surface area contributed by atoms with Crippen LogP contribution in [0.1, 0.15) is 149 Å². The summed E-state index contributed by atoms with van der Waals surface area (Å²) in [5, 5.41) is 3.20. The molecule has 0 heterocycles. The number of ether oxygens (including phenoxy) is 2. The highest BCUT2D eigenvalue weighted by atomic mass is 16.5. The van der Waals surface area contributed by atoms with E-state index in [4.69, 9.17) is 9.47 Å². The molecule has 0 aliphatic heterocycles. The van der Waals surface area contributed by atoms with Crippen LogP contribution in [0.4, 0.5) is 0 Å². The van der Waals surface area contributed by atoms with Gasteiger partial charge in [0.1, 0.15) is 18.1 Å². The molecule has 1 rings (SSSR count).